The quantitative estimate of drug-likeness (QED) is 0.817. The van der Waals surface area contributed by atoms with Gasteiger partial charge in [0.15, 0.2) is 5.75 Å². The van der Waals surface area contributed by atoms with Crippen LogP contribution in [0.5, 0.6) is 5.75 Å². The maximum Gasteiger partial charge on any atom is 0.156 e. The van der Waals surface area contributed by atoms with Crippen LogP contribution in [0, 0.1) is 0 Å². The van der Waals surface area contributed by atoms with Crippen LogP contribution in [0.2, 0.25) is 0 Å². The zero-order chi connectivity index (χ0) is 14.0. The predicted molar refractivity (Wildman–Crippen MR) is 84.0 cm³/mol. The monoisotopic (exact) mass is 339 g/mol. The lowest BCUT2D eigenvalue weighted by Gasteiger charge is -2.43. The Bertz CT molecular complexity index is 446. The number of rotatable bonds is 2. The highest BCUT2D eigenvalue weighted by Crippen LogP contribution is 2.41. The molecule has 3 nitrogen and oxygen atoms in total. The third-order valence-corrected chi connectivity index (χ3v) is 5.12. The zero-order valence-electron chi connectivity index (χ0n) is 11.7. The molecule has 2 N–H and O–H groups in total. The van der Waals surface area contributed by atoms with Crippen molar-refractivity contribution in [1.82, 2.24) is 0 Å². The third-order valence-electron chi connectivity index (χ3n) is 4.49. The van der Waals surface area contributed by atoms with E-state index in [2.05, 4.69) is 15.9 Å². The molecule has 1 unspecified atom stereocenters. The van der Waals surface area contributed by atoms with E-state index in [0.717, 1.165) is 29.7 Å². The fourth-order valence-corrected chi connectivity index (χ4v) is 3.92. The van der Waals surface area contributed by atoms with Crippen molar-refractivity contribution in [2.75, 3.05) is 12.3 Å². The van der Waals surface area contributed by atoms with E-state index >= 15 is 0 Å². The van der Waals surface area contributed by atoms with E-state index in [1.807, 2.05) is 18.2 Å². The topological polar surface area (TPSA) is 44.5 Å². The molecule has 1 aromatic carbocycles. The standard InChI is InChI=1S/C16H22BrNO2/c17-13-5-4-6-14(18)15(13)20-12-7-10-19-16(11-12)8-2-1-3-9-16/h4-6,12H,1-3,7-11,18H2. The summed E-state index contributed by atoms with van der Waals surface area (Å²) in [5.41, 5.74) is 6.79. The van der Waals surface area contributed by atoms with Gasteiger partial charge in [0.1, 0.15) is 6.10 Å². The van der Waals surface area contributed by atoms with Crippen molar-refractivity contribution in [3.63, 3.8) is 0 Å². The fourth-order valence-electron chi connectivity index (χ4n) is 3.44. The molecular weight excluding hydrogens is 318 g/mol. The Morgan fingerprint density at radius 2 is 2.05 bits per heavy atom. The van der Waals surface area contributed by atoms with Gasteiger partial charge in [-0.25, -0.2) is 0 Å². The second kappa shape index (κ2) is 5.94. The number of ether oxygens (including phenoxy) is 2. The molecule has 2 aliphatic rings. The number of para-hydroxylation sites is 1. The first-order valence-electron chi connectivity index (χ1n) is 7.53. The molecule has 110 valence electrons. The summed E-state index contributed by atoms with van der Waals surface area (Å²) in [5, 5.41) is 0. The van der Waals surface area contributed by atoms with E-state index < -0.39 is 0 Å². The summed E-state index contributed by atoms with van der Waals surface area (Å²) in [6, 6.07) is 5.79. The van der Waals surface area contributed by atoms with Gasteiger partial charge >= 0.3 is 0 Å². The SMILES string of the molecule is Nc1cccc(Br)c1OC1CCOC2(CCCCC2)C1. The highest BCUT2D eigenvalue weighted by molar-refractivity contribution is 9.10. The molecule has 20 heavy (non-hydrogen) atoms. The molecule has 1 saturated carbocycles. The Morgan fingerprint density at radius 1 is 1.25 bits per heavy atom. The van der Waals surface area contributed by atoms with E-state index in [1.165, 1.54) is 32.1 Å². The Hall–Kier alpha value is -0.740. The van der Waals surface area contributed by atoms with Crippen molar-refractivity contribution in [3.8, 4) is 5.75 Å². The Kier molecular flexibility index (Phi) is 4.22. The van der Waals surface area contributed by atoms with Gasteiger partial charge in [-0.3, -0.25) is 0 Å². The van der Waals surface area contributed by atoms with Crippen LogP contribution in [0.3, 0.4) is 0 Å². The van der Waals surface area contributed by atoms with Crippen molar-refractivity contribution < 1.29 is 9.47 Å². The van der Waals surface area contributed by atoms with Gasteiger partial charge in [0.05, 0.1) is 22.4 Å². The second-order valence-electron chi connectivity index (χ2n) is 5.98. The Morgan fingerprint density at radius 3 is 2.80 bits per heavy atom. The molecule has 2 fully saturated rings. The number of nitrogen functional groups attached to an aromatic ring is 1. The summed E-state index contributed by atoms with van der Waals surface area (Å²) in [6.45, 7) is 0.801. The average molecular weight is 340 g/mol. The van der Waals surface area contributed by atoms with E-state index in [1.54, 1.807) is 0 Å². The minimum absolute atomic E-state index is 0.0667. The molecule has 0 bridgehead atoms. The molecule has 3 rings (SSSR count). The van der Waals surface area contributed by atoms with Crippen LogP contribution in [0.15, 0.2) is 22.7 Å². The van der Waals surface area contributed by atoms with Gasteiger partial charge in [0.25, 0.3) is 0 Å². The van der Waals surface area contributed by atoms with Gasteiger partial charge in [-0.2, -0.15) is 0 Å². The highest BCUT2D eigenvalue weighted by Gasteiger charge is 2.39. The minimum atomic E-state index is 0.0667. The molecular formula is C16H22BrNO2. The molecule has 0 aromatic heterocycles. The van der Waals surface area contributed by atoms with E-state index in [0.29, 0.717) is 5.69 Å². The number of anilines is 1. The first-order chi connectivity index (χ1) is 9.69. The molecule has 1 aliphatic carbocycles. The molecule has 1 aromatic rings. The molecule has 1 heterocycles. The summed E-state index contributed by atoms with van der Waals surface area (Å²) in [6.07, 6.45) is 8.41. The van der Waals surface area contributed by atoms with E-state index in [4.69, 9.17) is 15.2 Å². The van der Waals surface area contributed by atoms with Crippen molar-refractivity contribution in [1.29, 1.82) is 0 Å². The van der Waals surface area contributed by atoms with Crippen molar-refractivity contribution >= 4 is 21.6 Å². The van der Waals surface area contributed by atoms with Crippen LogP contribution in [0.1, 0.15) is 44.9 Å². The maximum absolute atomic E-state index is 6.19. The second-order valence-corrected chi connectivity index (χ2v) is 6.84. The predicted octanol–water partition coefficient (Wildman–Crippen LogP) is 4.29. The van der Waals surface area contributed by atoms with Crippen LogP contribution >= 0.6 is 15.9 Å². The van der Waals surface area contributed by atoms with Gasteiger partial charge < -0.3 is 15.2 Å². The van der Waals surface area contributed by atoms with Gasteiger partial charge in [-0.1, -0.05) is 25.3 Å². The first-order valence-corrected chi connectivity index (χ1v) is 8.32. The van der Waals surface area contributed by atoms with Gasteiger partial charge in [0.2, 0.25) is 0 Å². The number of hydrogen-bond donors (Lipinski definition) is 1. The Labute approximate surface area is 129 Å². The zero-order valence-corrected chi connectivity index (χ0v) is 13.3. The fraction of sp³-hybridized carbons (Fsp3) is 0.625. The summed E-state index contributed by atoms with van der Waals surface area (Å²) in [7, 11) is 0. The number of hydrogen-bond acceptors (Lipinski definition) is 3. The van der Waals surface area contributed by atoms with Crippen molar-refractivity contribution in [3.05, 3.63) is 22.7 Å². The largest absolute Gasteiger partial charge is 0.487 e. The number of halogens is 1. The maximum atomic E-state index is 6.19. The van der Waals surface area contributed by atoms with Crippen molar-refractivity contribution in [2.45, 2.75) is 56.7 Å². The van der Waals surface area contributed by atoms with Gasteiger partial charge in [-0.05, 0) is 40.9 Å². The van der Waals surface area contributed by atoms with Crippen LogP contribution in [0.25, 0.3) is 0 Å². The van der Waals surface area contributed by atoms with E-state index in [9.17, 15) is 0 Å². The third kappa shape index (κ3) is 2.96. The van der Waals surface area contributed by atoms with Crippen molar-refractivity contribution in [2.24, 2.45) is 0 Å². The molecule has 1 atom stereocenters. The number of nitrogens with two attached hydrogens (primary N) is 1. The normalized spacial score (nSPS) is 25.6. The summed E-state index contributed by atoms with van der Waals surface area (Å²) >= 11 is 3.53. The summed E-state index contributed by atoms with van der Waals surface area (Å²) in [4.78, 5) is 0. The number of benzene rings is 1. The van der Waals surface area contributed by atoms with Gasteiger partial charge in [-0.15, -0.1) is 0 Å². The average Bonchev–Trinajstić information content (AvgIpc) is 2.44. The lowest BCUT2D eigenvalue weighted by Crippen LogP contribution is -2.45. The molecule has 0 amide bonds. The molecule has 1 aliphatic heterocycles. The molecule has 1 spiro atoms. The van der Waals surface area contributed by atoms with Crippen LogP contribution in [-0.2, 0) is 4.74 Å². The Balaban J connectivity index is 1.71. The summed E-state index contributed by atoms with van der Waals surface area (Å²) < 4.78 is 13.2. The molecule has 0 radical (unpaired) electrons. The highest BCUT2D eigenvalue weighted by atomic mass is 79.9. The van der Waals surface area contributed by atoms with Gasteiger partial charge in [0, 0.05) is 12.8 Å². The van der Waals surface area contributed by atoms with E-state index in [-0.39, 0.29) is 11.7 Å². The summed E-state index contributed by atoms with van der Waals surface area (Å²) in [5.74, 6) is 0.783. The van der Waals surface area contributed by atoms with Crippen LogP contribution in [-0.4, -0.2) is 18.3 Å². The first kappa shape index (κ1) is 14.2. The minimum Gasteiger partial charge on any atom is -0.487 e. The van der Waals surface area contributed by atoms with Crippen LogP contribution < -0.4 is 10.5 Å². The molecule has 4 heteroatoms. The lowest BCUT2D eigenvalue weighted by atomic mass is 9.79. The molecule has 1 saturated heterocycles. The van der Waals surface area contributed by atoms with Crippen LogP contribution in [0.4, 0.5) is 5.69 Å². The smallest absolute Gasteiger partial charge is 0.156 e. The lowest BCUT2D eigenvalue weighted by molar-refractivity contribution is -0.129.